The van der Waals surface area contributed by atoms with Crippen molar-refractivity contribution in [1.82, 2.24) is 5.32 Å². The molecular formula is C31H51NO3. The summed E-state index contributed by atoms with van der Waals surface area (Å²) in [6.45, 7) is 12.5. The lowest BCUT2D eigenvalue weighted by Crippen LogP contribution is -2.55. The van der Waals surface area contributed by atoms with Gasteiger partial charge in [0.05, 0.1) is 6.54 Å². The van der Waals surface area contributed by atoms with Gasteiger partial charge in [-0.25, -0.2) is 4.79 Å². The number of alkyl carbamates (subject to hydrolysis) is 1. The van der Waals surface area contributed by atoms with Gasteiger partial charge < -0.3 is 14.8 Å². The molecule has 4 aliphatic carbocycles. The fraction of sp³-hybridized carbons (Fsp3) is 0.871. The second-order valence-corrected chi connectivity index (χ2v) is 13.5. The van der Waals surface area contributed by atoms with Gasteiger partial charge in [-0.2, -0.15) is 0 Å². The summed E-state index contributed by atoms with van der Waals surface area (Å²) in [7, 11) is 0. The molecule has 4 heteroatoms. The van der Waals surface area contributed by atoms with Crippen LogP contribution in [0.2, 0.25) is 0 Å². The zero-order valence-electron chi connectivity index (χ0n) is 23.1. The van der Waals surface area contributed by atoms with Crippen LogP contribution >= 0.6 is 0 Å². The fourth-order valence-corrected chi connectivity index (χ4v) is 9.23. The van der Waals surface area contributed by atoms with Crippen LogP contribution in [0, 0.1) is 52.3 Å². The highest BCUT2D eigenvalue weighted by Crippen LogP contribution is 2.65. The van der Waals surface area contributed by atoms with Gasteiger partial charge in [0.2, 0.25) is 0 Å². The van der Waals surface area contributed by atoms with Crippen molar-refractivity contribution in [2.24, 2.45) is 52.3 Å². The molecule has 0 aromatic carbocycles. The molecule has 4 rings (SSSR count). The summed E-state index contributed by atoms with van der Waals surface area (Å²) >= 11 is 0. The van der Waals surface area contributed by atoms with Crippen molar-refractivity contribution >= 4 is 12.4 Å². The van der Waals surface area contributed by atoms with Gasteiger partial charge >= 0.3 is 6.09 Å². The molecule has 0 radical (unpaired) electrons. The summed E-state index contributed by atoms with van der Waals surface area (Å²) in [5.41, 5.74) is 0.802. The highest BCUT2D eigenvalue weighted by molar-refractivity contribution is 5.71. The summed E-state index contributed by atoms with van der Waals surface area (Å²) < 4.78 is 5.67. The first-order valence-electron chi connectivity index (χ1n) is 14.8. The van der Waals surface area contributed by atoms with Crippen LogP contribution in [0.3, 0.4) is 0 Å². The van der Waals surface area contributed by atoms with E-state index in [0.717, 1.165) is 48.9 Å². The topological polar surface area (TPSA) is 55.4 Å². The number of carbonyl (C=O) groups is 2. The molecule has 1 amide bonds. The number of allylic oxidation sites excluding steroid dienone is 2. The van der Waals surface area contributed by atoms with Gasteiger partial charge in [0, 0.05) is 0 Å². The lowest BCUT2D eigenvalue weighted by Gasteiger charge is -2.62. The van der Waals surface area contributed by atoms with Gasteiger partial charge in [-0.15, -0.1) is 0 Å². The zero-order chi connectivity index (χ0) is 25.2. The maximum absolute atomic E-state index is 12.0. The largest absolute Gasteiger partial charge is 0.446 e. The summed E-state index contributed by atoms with van der Waals surface area (Å²) in [5, 5.41) is 2.53. The standard InChI is InChI=1S/C31H51NO3/c1-21(2)8-6-9-22(3)26-10-7-11-27-25-13-12-23-20-24(35-29(34)32-18-19-33)14-16-30(23,4)28(25)15-17-31(26,27)5/h12-13,19,21-28H,6-11,14-18,20H2,1-5H3,(H,32,34). The maximum Gasteiger partial charge on any atom is 0.407 e. The molecule has 9 atom stereocenters. The average Bonchev–Trinajstić information content (AvgIpc) is 2.81. The minimum atomic E-state index is -0.451. The van der Waals surface area contributed by atoms with Gasteiger partial charge in [-0.3, -0.25) is 0 Å². The van der Waals surface area contributed by atoms with Crippen LogP contribution in [0.4, 0.5) is 4.79 Å². The normalized spacial score (nSPS) is 41.3. The van der Waals surface area contributed by atoms with Gasteiger partial charge in [0.25, 0.3) is 0 Å². The van der Waals surface area contributed by atoms with Crippen LogP contribution in [0.25, 0.3) is 0 Å². The lowest BCUT2D eigenvalue weighted by molar-refractivity contribution is -0.119. The van der Waals surface area contributed by atoms with E-state index in [1.54, 1.807) is 0 Å². The molecule has 0 aliphatic heterocycles. The van der Waals surface area contributed by atoms with Crippen molar-refractivity contribution in [3.8, 4) is 0 Å². The van der Waals surface area contributed by atoms with Crippen molar-refractivity contribution in [3.05, 3.63) is 12.2 Å². The number of ether oxygens (including phenoxy) is 1. The molecule has 0 bridgehead atoms. The molecule has 4 aliphatic rings. The number of hydrogen-bond donors (Lipinski definition) is 1. The average molecular weight is 486 g/mol. The second-order valence-electron chi connectivity index (χ2n) is 13.5. The van der Waals surface area contributed by atoms with Crippen molar-refractivity contribution < 1.29 is 14.3 Å². The van der Waals surface area contributed by atoms with Crippen LogP contribution in [0.5, 0.6) is 0 Å². The summed E-state index contributed by atoms with van der Waals surface area (Å²) in [6, 6.07) is 0. The van der Waals surface area contributed by atoms with E-state index >= 15 is 0 Å². The summed E-state index contributed by atoms with van der Waals surface area (Å²) in [4.78, 5) is 22.5. The van der Waals surface area contributed by atoms with E-state index in [9.17, 15) is 9.59 Å². The summed E-state index contributed by atoms with van der Waals surface area (Å²) in [5.74, 6) is 5.32. The predicted molar refractivity (Wildman–Crippen MR) is 142 cm³/mol. The third kappa shape index (κ3) is 5.37. The van der Waals surface area contributed by atoms with Crippen molar-refractivity contribution in [3.63, 3.8) is 0 Å². The minimum absolute atomic E-state index is 0.0217. The van der Waals surface area contributed by atoms with Crippen molar-refractivity contribution in [2.75, 3.05) is 6.54 Å². The van der Waals surface area contributed by atoms with Gasteiger partial charge in [-0.1, -0.05) is 72.5 Å². The Balaban J connectivity index is 1.45. The number of fused-ring (bicyclic) bond motifs is 5. The second kappa shape index (κ2) is 11.0. The van der Waals surface area contributed by atoms with Crippen LogP contribution in [0.15, 0.2) is 12.2 Å². The third-order valence-electron chi connectivity index (χ3n) is 11.2. The first kappa shape index (κ1) is 26.7. The number of nitrogens with one attached hydrogen (secondary N) is 1. The van der Waals surface area contributed by atoms with E-state index in [2.05, 4.69) is 52.1 Å². The number of hydrogen-bond acceptors (Lipinski definition) is 3. The minimum Gasteiger partial charge on any atom is -0.446 e. The molecule has 9 unspecified atom stereocenters. The van der Waals surface area contributed by atoms with Crippen molar-refractivity contribution in [2.45, 2.75) is 111 Å². The van der Waals surface area contributed by atoms with Crippen molar-refractivity contribution in [1.29, 1.82) is 0 Å². The highest BCUT2D eigenvalue weighted by atomic mass is 16.6. The quantitative estimate of drug-likeness (QED) is 0.285. The van der Waals surface area contributed by atoms with E-state index in [-0.39, 0.29) is 12.6 Å². The molecular weight excluding hydrogens is 434 g/mol. The van der Waals surface area contributed by atoms with E-state index in [1.165, 1.54) is 51.4 Å². The maximum atomic E-state index is 12.0. The Bertz CT molecular complexity index is 777. The molecule has 0 aromatic heterocycles. The van der Waals surface area contributed by atoms with E-state index in [0.29, 0.717) is 29.0 Å². The molecule has 0 spiro atoms. The first-order chi connectivity index (χ1) is 16.7. The zero-order valence-corrected chi connectivity index (χ0v) is 23.1. The van der Waals surface area contributed by atoms with Crippen LogP contribution < -0.4 is 5.32 Å². The Morgan fingerprint density at radius 3 is 2.51 bits per heavy atom. The number of amides is 1. The van der Waals surface area contributed by atoms with E-state index in [1.807, 2.05) is 0 Å². The molecule has 3 saturated carbocycles. The predicted octanol–water partition coefficient (Wildman–Crippen LogP) is 7.57. The number of aldehydes is 1. The fourth-order valence-electron chi connectivity index (χ4n) is 9.23. The first-order valence-corrected chi connectivity index (χ1v) is 14.8. The van der Waals surface area contributed by atoms with Crippen LogP contribution in [-0.2, 0) is 9.53 Å². The third-order valence-corrected chi connectivity index (χ3v) is 11.2. The molecule has 0 saturated heterocycles. The lowest BCUT2D eigenvalue weighted by atomic mass is 9.42. The molecule has 198 valence electrons. The van der Waals surface area contributed by atoms with Gasteiger partial charge in [0.1, 0.15) is 12.4 Å². The highest BCUT2D eigenvalue weighted by Gasteiger charge is 2.58. The monoisotopic (exact) mass is 485 g/mol. The van der Waals surface area contributed by atoms with E-state index in [4.69, 9.17) is 4.74 Å². The molecule has 1 N–H and O–H groups in total. The molecule has 0 heterocycles. The Labute approximate surface area is 214 Å². The van der Waals surface area contributed by atoms with Gasteiger partial charge in [-0.05, 0) is 97.2 Å². The Morgan fingerprint density at radius 2 is 1.77 bits per heavy atom. The Hall–Kier alpha value is -1.32. The SMILES string of the molecule is CC(C)CCCC(C)C1CCCC2C3C=CC4CC(OC(=O)NCC=O)CCC4(C)C3CCC12C. The number of rotatable bonds is 8. The molecule has 3 fully saturated rings. The van der Waals surface area contributed by atoms with Crippen LogP contribution in [0.1, 0.15) is 105 Å². The Kier molecular flexibility index (Phi) is 8.38. The van der Waals surface area contributed by atoms with E-state index < -0.39 is 6.09 Å². The molecule has 4 nitrogen and oxygen atoms in total. The summed E-state index contributed by atoms with van der Waals surface area (Å²) in [6.07, 6.45) is 19.5. The van der Waals surface area contributed by atoms with Crippen LogP contribution in [-0.4, -0.2) is 25.0 Å². The smallest absolute Gasteiger partial charge is 0.407 e. The molecule has 35 heavy (non-hydrogen) atoms. The molecule has 0 aromatic rings. The van der Waals surface area contributed by atoms with Gasteiger partial charge in [0.15, 0.2) is 0 Å². The Morgan fingerprint density at radius 1 is 1.03 bits per heavy atom. The number of carbonyl (C=O) groups excluding carboxylic acids is 2.